The summed E-state index contributed by atoms with van der Waals surface area (Å²) < 4.78 is 33.7. The van der Waals surface area contributed by atoms with Crippen LogP contribution in [0.25, 0.3) is 22.3 Å². The summed E-state index contributed by atoms with van der Waals surface area (Å²) in [6.45, 7) is 1.12. The van der Waals surface area contributed by atoms with Crippen LogP contribution < -0.4 is 9.47 Å². The summed E-state index contributed by atoms with van der Waals surface area (Å²) in [6, 6.07) is 16.8. The maximum atomic E-state index is 15.4. The minimum Gasteiger partial charge on any atom is -0.495 e. The van der Waals surface area contributed by atoms with Crippen LogP contribution in [0.5, 0.6) is 11.6 Å². The first-order valence-corrected chi connectivity index (χ1v) is 12.5. The van der Waals surface area contributed by atoms with Crippen molar-refractivity contribution in [1.29, 1.82) is 0 Å². The third-order valence-electron chi connectivity index (χ3n) is 6.45. The molecule has 0 aliphatic heterocycles. The van der Waals surface area contributed by atoms with Gasteiger partial charge in [-0.3, -0.25) is 4.98 Å². The third kappa shape index (κ3) is 5.76. The molecule has 5 rings (SSSR count). The summed E-state index contributed by atoms with van der Waals surface area (Å²) in [5.41, 5.74) is 3.84. The number of hydrogen-bond donors (Lipinski definition) is 1. The van der Waals surface area contributed by atoms with Gasteiger partial charge in [-0.05, 0) is 48.0 Å². The molecule has 0 radical (unpaired) electrons. The summed E-state index contributed by atoms with van der Waals surface area (Å²) in [5.74, 6) is 0.207. The molecule has 3 aromatic heterocycles. The van der Waals surface area contributed by atoms with E-state index in [9.17, 15) is 9.90 Å². The molecule has 3 heterocycles. The van der Waals surface area contributed by atoms with Crippen molar-refractivity contribution in [3.8, 4) is 22.9 Å². The number of imidazole rings is 1. The molecule has 0 saturated heterocycles. The van der Waals surface area contributed by atoms with E-state index in [0.29, 0.717) is 64.9 Å². The molecule has 0 amide bonds. The Bertz CT molecular complexity index is 1670. The second-order valence-corrected chi connectivity index (χ2v) is 9.01. The Hall–Kier alpha value is -4.83. The van der Waals surface area contributed by atoms with Gasteiger partial charge in [0.2, 0.25) is 5.88 Å². The monoisotopic (exact) mass is 542 g/mol. The minimum atomic E-state index is -1.01. The van der Waals surface area contributed by atoms with E-state index in [4.69, 9.17) is 19.2 Å². The Kier molecular flexibility index (Phi) is 7.97. The number of rotatable bonds is 11. The molecule has 0 aliphatic rings. The SMILES string of the molecule is COCCn1c(Cc2ccc(-c3cccc(OCc4ccncc4OC)n3)c(F)c2)nc2ccc(C(=O)O)cc21. The van der Waals surface area contributed by atoms with Crippen LogP contribution in [0, 0.1) is 5.82 Å². The quantitative estimate of drug-likeness (QED) is 0.244. The Morgan fingerprint density at radius 1 is 1.05 bits per heavy atom. The van der Waals surface area contributed by atoms with Crippen LogP contribution in [0.1, 0.15) is 27.3 Å². The molecule has 10 heteroatoms. The Morgan fingerprint density at radius 2 is 1.93 bits per heavy atom. The largest absolute Gasteiger partial charge is 0.495 e. The van der Waals surface area contributed by atoms with Crippen molar-refractivity contribution in [2.75, 3.05) is 20.8 Å². The number of nitrogens with zero attached hydrogens (tertiary/aromatic N) is 4. The second-order valence-electron chi connectivity index (χ2n) is 9.01. The fourth-order valence-corrected chi connectivity index (χ4v) is 4.44. The van der Waals surface area contributed by atoms with E-state index in [-0.39, 0.29) is 12.2 Å². The Balaban J connectivity index is 1.37. The fourth-order valence-electron chi connectivity index (χ4n) is 4.44. The van der Waals surface area contributed by atoms with Gasteiger partial charge in [0.15, 0.2) is 0 Å². The minimum absolute atomic E-state index is 0.173. The lowest BCUT2D eigenvalue weighted by molar-refractivity contribution is 0.0697. The van der Waals surface area contributed by atoms with Crippen molar-refractivity contribution in [3.63, 3.8) is 0 Å². The van der Waals surface area contributed by atoms with Crippen molar-refractivity contribution < 1.29 is 28.5 Å². The molecule has 2 aromatic carbocycles. The van der Waals surface area contributed by atoms with Gasteiger partial charge in [-0.1, -0.05) is 12.1 Å². The number of carboxylic acid groups (broad SMARTS) is 1. The third-order valence-corrected chi connectivity index (χ3v) is 6.45. The highest BCUT2D eigenvalue weighted by Gasteiger charge is 2.16. The standard InChI is InChI=1S/C30H27FN4O5/c1-38-13-12-35-26-16-20(30(36)37)7-9-25(26)33-28(35)15-19-6-8-22(23(31)14-19)24-4-3-5-29(34-24)40-18-21-10-11-32-17-27(21)39-2/h3-11,14,16-17H,12-13,15,18H2,1-2H3,(H,36,37). The van der Waals surface area contributed by atoms with Gasteiger partial charge in [-0.25, -0.2) is 19.2 Å². The number of carbonyl (C=O) groups is 1. The number of aromatic nitrogens is 4. The molecular weight excluding hydrogens is 515 g/mol. The van der Waals surface area contributed by atoms with Gasteiger partial charge in [-0.2, -0.15) is 0 Å². The lowest BCUT2D eigenvalue weighted by Crippen LogP contribution is -2.09. The van der Waals surface area contributed by atoms with Gasteiger partial charge in [0.1, 0.15) is 24.0 Å². The van der Waals surface area contributed by atoms with Crippen LogP contribution in [-0.4, -0.2) is 51.4 Å². The fraction of sp³-hybridized carbons (Fsp3) is 0.200. The molecule has 5 aromatic rings. The maximum absolute atomic E-state index is 15.4. The van der Waals surface area contributed by atoms with Gasteiger partial charge >= 0.3 is 5.97 Å². The summed E-state index contributed by atoms with van der Waals surface area (Å²) >= 11 is 0. The first kappa shape index (κ1) is 26.8. The van der Waals surface area contributed by atoms with E-state index in [1.54, 1.807) is 69.1 Å². The summed E-state index contributed by atoms with van der Waals surface area (Å²) in [6.07, 6.45) is 3.61. The van der Waals surface area contributed by atoms with Crippen LogP contribution in [0.4, 0.5) is 4.39 Å². The Morgan fingerprint density at radius 3 is 2.70 bits per heavy atom. The number of carboxylic acids is 1. The second kappa shape index (κ2) is 11.9. The molecule has 0 spiro atoms. The topological polar surface area (TPSA) is 109 Å². The zero-order chi connectivity index (χ0) is 28.1. The zero-order valence-electron chi connectivity index (χ0n) is 22.0. The first-order valence-electron chi connectivity index (χ1n) is 12.5. The van der Waals surface area contributed by atoms with E-state index in [1.165, 1.54) is 12.1 Å². The average molecular weight is 543 g/mol. The number of hydrogen-bond acceptors (Lipinski definition) is 7. The molecule has 40 heavy (non-hydrogen) atoms. The smallest absolute Gasteiger partial charge is 0.335 e. The normalized spacial score (nSPS) is 11.1. The van der Waals surface area contributed by atoms with E-state index >= 15 is 4.39 Å². The average Bonchev–Trinajstić information content (AvgIpc) is 3.31. The zero-order valence-corrected chi connectivity index (χ0v) is 22.0. The van der Waals surface area contributed by atoms with Gasteiger partial charge in [-0.15, -0.1) is 0 Å². The number of halogens is 1. The maximum Gasteiger partial charge on any atom is 0.335 e. The van der Waals surface area contributed by atoms with Gasteiger partial charge < -0.3 is 23.9 Å². The number of pyridine rings is 2. The van der Waals surface area contributed by atoms with Crippen molar-refractivity contribution in [1.82, 2.24) is 19.5 Å². The molecule has 9 nitrogen and oxygen atoms in total. The van der Waals surface area contributed by atoms with Crippen LogP contribution in [0.2, 0.25) is 0 Å². The van der Waals surface area contributed by atoms with Crippen LogP contribution in [0.15, 0.2) is 73.1 Å². The lowest BCUT2D eigenvalue weighted by Gasteiger charge is -2.11. The van der Waals surface area contributed by atoms with Crippen molar-refractivity contribution >= 4 is 17.0 Å². The molecular formula is C30H27FN4O5. The number of aromatic carboxylic acids is 1. The highest BCUT2D eigenvalue weighted by molar-refractivity contribution is 5.92. The van der Waals surface area contributed by atoms with Gasteiger partial charge in [0.05, 0.1) is 42.2 Å². The molecule has 1 N–H and O–H groups in total. The molecule has 0 unspecified atom stereocenters. The predicted molar refractivity (Wildman–Crippen MR) is 146 cm³/mol. The molecule has 204 valence electrons. The molecule has 0 saturated carbocycles. The number of benzene rings is 2. The van der Waals surface area contributed by atoms with Gasteiger partial charge in [0.25, 0.3) is 0 Å². The number of fused-ring (bicyclic) bond motifs is 1. The highest BCUT2D eigenvalue weighted by atomic mass is 19.1. The number of ether oxygens (including phenoxy) is 3. The molecule has 0 atom stereocenters. The van der Waals surface area contributed by atoms with Crippen molar-refractivity contribution in [2.24, 2.45) is 0 Å². The van der Waals surface area contributed by atoms with E-state index < -0.39 is 11.8 Å². The molecule has 0 fully saturated rings. The highest BCUT2D eigenvalue weighted by Crippen LogP contribution is 2.27. The van der Waals surface area contributed by atoms with E-state index in [2.05, 4.69) is 9.97 Å². The van der Waals surface area contributed by atoms with Crippen LogP contribution >= 0.6 is 0 Å². The van der Waals surface area contributed by atoms with Crippen LogP contribution in [-0.2, 0) is 24.3 Å². The summed E-state index contributed by atoms with van der Waals surface area (Å²) in [7, 11) is 3.16. The Labute approximate surface area is 229 Å². The molecule has 0 aliphatic carbocycles. The number of methoxy groups -OCH3 is 2. The van der Waals surface area contributed by atoms with Crippen molar-refractivity contribution in [2.45, 2.75) is 19.6 Å². The van der Waals surface area contributed by atoms with Gasteiger partial charge in [0, 0.05) is 43.5 Å². The van der Waals surface area contributed by atoms with E-state index in [1.807, 2.05) is 10.6 Å². The lowest BCUT2D eigenvalue weighted by atomic mass is 10.1. The predicted octanol–water partition coefficient (Wildman–Crippen LogP) is 5.16. The van der Waals surface area contributed by atoms with E-state index in [0.717, 1.165) is 5.56 Å². The summed E-state index contributed by atoms with van der Waals surface area (Å²) in [4.78, 5) is 24.7. The summed E-state index contributed by atoms with van der Waals surface area (Å²) in [5, 5.41) is 9.41. The first-order chi connectivity index (χ1) is 19.5. The van der Waals surface area contributed by atoms with Crippen LogP contribution in [0.3, 0.4) is 0 Å². The van der Waals surface area contributed by atoms with Crippen molar-refractivity contribution in [3.05, 3.63) is 101 Å². The molecule has 0 bridgehead atoms.